The van der Waals surface area contributed by atoms with Crippen molar-refractivity contribution in [1.82, 2.24) is 4.57 Å². The highest BCUT2D eigenvalue weighted by atomic mass is 16.3. The quantitative estimate of drug-likeness (QED) is 0.452. The number of azo groups is 1. The maximum atomic E-state index is 12.6. The number of carbonyl (C=O) groups is 1. The molecular weight excluding hydrogens is 374 g/mol. The first-order chi connectivity index (χ1) is 14.3. The zero-order valence-electron chi connectivity index (χ0n) is 17.5. The van der Waals surface area contributed by atoms with Crippen molar-refractivity contribution >= 4 is 22.5 Å². The van der Waals surface area contributed by atoms with Crippen LogP contribution in [-0.2, 0) is 16.8 Å². The van der Waals surface area contributed by atoms with E-state index in [1.807, 2.05) is 24.3 Å². The van der Waals surface area contributed by atoms with E-state index >= 15 is 0 Å². The van der Waals surface area contributed by atoms with Crippen LogP contribution in [0.2, 0.25) is 0 Å². The average Bonchev–Trinajstić information content (AvgIpc) is 3.48. The smallest absolute Gasteiger partial charge is 0.268 e. The number of aromatic hydroxyl groups is 1. The van der Waals surface area contributed by atoms with Crippen molar-refractivity contribution in [2.24, 2.45) is 16.1 Å². The van der Waals surface area contributed by atoms with Crippen LogP contribution in [-0.4, -0.2) is 15.6 Å². The lowest BCUT2D eigenvalue weighted by molar-refractivity contribution is -0.119. The Morgan fingerprint density at radius 2 is 1.90 bits per heavy atom. The Morgan fingerprint density at radius 3 is 2.57 bits per heavy atom. The largest absolute Gasteiger partial charge is 0.493 e. The molecule has 0 aliphatic heterocycles. The van der Waals surface area contributed by atoms with Gasteiger partial charge in [-0.05, 0) is 34.9 Å². The molecule has 1 aliphatic carbocycles. The molecule has 2 aromatic carbocycles. The molecule has 1 amide bonds. The highest BCUT2D eigenvalue weighted by molar-refractivity contribution is 5.95. The van der Waals surface area contributed by atoms with Crippen molar-refractivity contribution < 1.29 is 9.90 Å². The molecular formula is C25H25N3O2. The van der Waals surface area contributed by atoms with Crippen molar-refractivity contribution in [3.05, 3.63) is 59.7 Å². The monoisotopic (exact) mass is 399 g/mol. The minimum absolute atomic E-state index is 0.0733. The number of terminal acetylenes is 1. The third kappa shape index (κ3) is 3.61. The summed E-state index contributed by atoms with van der Waals surface area (Å²) >= 11 is 0. The van der Waals surface area contributed by atoms with Gasteiger partial charge in [0.1, 0.15) is 0 Å². The van der Waals surface area contributed by atoms with Gasteiger partial charge in [-0.3, -0.25) is 9.36 Å². The number of amides is 1. The van der Waals surface area contributed by atoms with Crippen molar-refractivity contribution in [3.8, 4) is 18.2 Å². The maximum Gasteiger partial charge on any atom is 0.268 e. The first kappa shape index (κ1) is 19.9. The number of nitrogens with zero attached hydrogens (tertiary/aromatic N) is 3. The number of carbonyl (C=O) groups excluding carboxylic acids is 1. The molecule has 0 unspecified atom stereocenters. The summed E-state index contributed by atoms with van der Waals surface area (Å²) in [6.07, 6.45) is 6.19. The molecule has 5 heteroatoms. The first-order valence-electron chi connectivity index (χ1n) is 10.1. The van der Waals surface area contributed by atoms with Gasteiger partial charge >= 0.3 is 0 Å². The predicted molar refractivity (Wildman–Crippen MR) is 118 cm³/mol. The molecule has 30 heavy (non-hydrogen) atoms. The van der Waals surface area contributed by atoms with E-state index < -0.39 is 0 Å². The summed E-state index contributed by atoms with van der Waals surface area (Å²) in [5.74, 6) is 2.22. The predicted octanol–water partition coefficient (Wildman–Crippen LogP) is 5.69. The molecule has 0 bridgehead atoms. The van der Waals surface area contributed by atoms with Gasteiger partial charge in [0.2, 0.25) is 5.88 Å². The fraction of sp³-hybridized carbons (Fsp3) is 0.320. The summed E-state index contributed by atoms with van der Waals surface area (Å²) in [6.45, 7) is 6.76. The van der Waals surface area contributed by atoms with Crippen LogP contribution in [0.3, 0.4) is 0 Å². The number of aromatic nitrogens is 1. The average molecular weight is 399 g/mol. The molecule has 1 heterocycles. The lowest BCUT2D eigenvalue weighted by Gasteiger charge is -2.19. The fourth-order valence-electron chi connectivity index (χ4n) is 3.86. The SMILES string of the molecule is C#CCn1c(O)c(N=NC(=O)[C@@H]2C[C@H]2c2ccc(C(C)(C)C)cc2)c2ccccc21. The molecule has 0 radical (unpaired) electrons. The number of benzene rings is 2. The van der Waals surface area contributed by atoms with Crippen LogP contribution in [0.25, 0.3) is 10.9 Å². The molecule has 4 rings (SSSR count). The van der Waals surface area contributed by atoms with Crippen LogP contribution < -0.4 is 0 Å². The molecule has 1 saturated carbocycles. The second-order valence-electron chi connectivity index (χ2n) is 8.84. The second-order valence-corrected chi connectivity index (χ2v) is 8.84. The molecule has 5 nitrogen and oxygen atoms in total. The summed E-state index contributed by atoms with van der Waals surface area (Å²) in [5.41, 5.74) is 3.57. The van der Waals surface area contributed by atoms with Crippen LogP contribution in [0.5, 0.6) is 5.88 Å². The molecule has 1 aliphatic rings. The van der Waals surface area contributed by atoms with Gasteiger partial charge in [0.15, 0.2) is 5.69 Å². The number of hydrogen-bond acceptors (Lipinski definition) is 3. The summed E-state index contributed by atoms with van der Waals surface area (Å²) in [4.78, 5) is 12.6. The van der Waals surface area contributed by atoms with E-state index in [0.29, 0.717) is 5.39 Å². The van der Waals surface area contributed by atoms with Crippen LogP contribution in [0.1, 0.15) is 44.2 Å². The van der Waals surface area contributed by atoms with E-state index in [1.54, 1.807) is 4.57 Å². The Hall–Kier alpha value is -3.39. The van der Waals surface area contributed by atoms with E-state index in [4.69, 9.17) is 6.42 Å². The number of hydrogen-bond donors (Lipinski definition) is 1. The molecule has 3 aromatic rings. The van der Waals surface area contributed by atoms with Gasteiger partial charge in [0.05, 0.1) is 12.1 Å². The highest BCUT2D eigenvalue weighted by Gasteiger charge is 2.44. The highest BCUT2D eigenvalue weighted by Crippen LogP contribution is 2.49. The molecule has 0 saturated heterocycles. The third-order valence-corrected chi connectivity index (χ3v) is 5.73. The van der Waals surface area contributed by atoms with E-state index in [9.17, 15) is 9.90 Å². The van der Waals surface area contributed by atoms with Gasteiger partial charge < -0.3 is 5.11 Å². The Morgan fingerprint density at radius 1 is 1.20 bits per heavy atom. The van der Waals surface area contributed by atoms with Gasteiger partial charge in [-0.15, -0.1) is 16.7 Å². The molecule has 0 spiro atoms. The van der Waals surface area contributed by atoms with Crippen molar-refractivity contribution in [2.75, 3.05) is 0 Å². The number of rotatable bonds is 4. The Balaban J connectivity index is 1.52. The number of para-hydroxylation sites is 1. The normalized spacial score (nSPS) is 18.6. The zero-order chi connectivity index (χ0) is 21.5. The van der Waals surface area contributed by atoms with Gasteiger partial charge in [-0.1, -0.05) is 69.2 Å². The van der Waals surface area contributed by atoms with Crippen LogP contribution in [0.15, 0.2) is 58.8 Å². The molecule has 1 aromatic heterocycles. The van der Waals surface area contributed by atoms with Crippen molar-refractivity contribution in [2.45, 2.75) is 45.1 Å². The fourth-order valence-corrected chi connectivity index (χ4v) is 3.86. The van der Waals surface area contributed by atoms with Crippen LogP contribution in [0.4, 0.5) is 5.69 Å². The van der Waals surface area contributed by atoms with Crippen LogP contribution >= 0.6 is 0 Å². The molecule has 1 N–H and O–H groups in total. The maximum absolute atomic E-state index is 12.6. The Kier molecular flexibility index (Phi) is 4.95. The first-order valence-corrected chi connectivity index (χ1v) is 10.1. The van der Waals surface area contributed by atoms with E-state index in [2.05, 4.69) is 61.2 Å². The summed E-state index contributed by atoms with van der Waals surface area (Å²) in [5, 5.41) is 19.3. The molecule has 1 fully saturated rings. The summed E-state index contributed by atoms with van der Waals surface area (Å²) < 4.78 is 1.59. The Bertz CT molecular complexity index is 1170. The van der Waals surface area contributed by atoms with E-state index in [1.165, 1.54) is 5.56 Å². The van der Waals surface area contributed by atoms with Gasteiger partial charge in [-0.2, -0.15) is 0 Å². The minimum atomic E-state index is -0.256. The zero-order valence-corrected chi connectivity index (χ0v) is 17.5. The van der Waals surface area contributed by atoms with Gasteiger partial charge in [-0.25, -0.2) is 0 Å². The topological polar surface area (TPSA) is 66.9 Å². The molecule has 152 valence electrons. The van der Waals surface area contributed by atoms with E-state index in [-0.39, 0.29) is 41.3 Å². The van der Waals surface area contributed by atoms with Crippen molar-refractivity contribution in [3.63, 3.8) is 0 Å². The van der Waals surface area contributed by atoms with Crippen LogP contribution in [0, 0.1) is 18.3 Å². The van der Waals surface area contributed by atoms with Crippen molar-refractivity contribution in [1.29, 1.82) is 0 Å². The minimum Gasteiger partial charge on any atom is -0.493 e. The number of fused-ring (bicyclic) bond motifs is 1. The lowest BCUT2D eigenvalue weighted by Crippen LogP contribution is -2.10. The van der Waals surface area contributed by atoms with E-state index in [0.717, 1.165) is 17.5 Å². The summed E-state index contributed by atoms with van der Waals surface area (Å²) in [7, 11) is 0. The molecule has 2 atom stereocenters. The van der Waals surface area contributed by atoms with Gasteiger partial charge in [0, 0.05) is 11.3 Å². The third-order valence-electron chi connectivity index (χ3n) is 5.73. The standard InChI is InChI=1S/C25H25N3O2/c1-5-14-28-21-9-7-6-8-18(21)22(24(28)30)26-27-23(29)20-15-19(20)16-10-12-17(13-11-16)25(2,3)4/h1,6-13,19-20,30H,14-15H2,2-4H3/t19-,20+/m0/s1. The Labute approximate surface area is 176 Å². The lowest BCUT2D eigenvalue weighted by atomic mass is 9.86. The van der Waals surface area contributed by atoms with Gasteiger partial charge in [0.25, 0.3) is 5.91 Å². The summed E-state index contributed by atoms with van der Waals surface area (Å²) in [6, 6.07) is 15.9. The second kappa shape index (κ2) is 7.46.